The van der Waals surface area contributed by atoms with E-state index in [2.05, 4.69) is 6.58 Å². The fourth-order valence-electron chi connectivity index (χ4n) is 1.13. The average Bonchev–Trinajstić information content (AvgIpc) is 2.13. The third kappa shape index (κ3) is 1.54. The van der Waals surface area contributed by atoms with Gasteiger partial charge in [0.25, 0.3) is 0 Å². The Morgan fingerprint density at radius 2 is 1.93 bits per heavy atom. The van der Waals surface area contributed by atoms with Gasteiger partial charge in [-0.2, -0.15) is 0 Å². The molecule has 0 aliphatic rings. The molecule has 0 aliphatic carbocycles. The molecular weight excluding hydrogens is 184 g/mol. The molecule has 1 aromatic rings. The molecule has 4 nitrogen and oxygen atoms in total. The van der Waals surface area contributed by atoms with E-state index < -0.39 is 5.97 Å². The second kappa shape index (κ2) is 3.41. The molecule has 14 heavy (non-hydrogen) atoms. The summed E-state index contributed by atoms with van der Waals surface area (Å²) >= 11 is 0. The molecule has 0 unspecified atom stereocenters. The van der Waals surface area contributed by atoms with Gasteiger partial charge in [0.1, 0.15) is 0 Å². The van der Waals surface area contributed by atoms with Gasteiger partial charge in [0.2, 0.25) is 0 Å². The molecule has 3 N–H and O–H groups in total. The molecule has 0 fully saturated rings. The van der Waals surface area contributed by atoms with Crippen LogP contribution in [0.3, 0.4) is 0 Å². The smallest absolute Gasteiger partial charge is 0.335 e. The number of carboxylic acids is 1. The lowest BCUT2D eigenvalue weighted by Gasteiger charge is -2.08. The molecule has 1 rings (SSSR count). The number of benzene rings is 1. The Labute approximate surface area is 80.7 Å². The van der Waals surface area contributed by atoms with E-state index in [0.717, 1.165) is 0 Å². The van der Waals surface area contributed by atoms with Crippen LogP contribution in [0.5, 0.6) is 11.5 Å². The molecule has 0 saturated heterocycles. The highest BCUT2D eigenvalue weighted by molar-refractivity contribution is 6.15. The molecule has 0 radical (unpaired) electrons. The summed E-state index contributed by atoms with van der Waals surface area (Å²) in [6.45, 7) is 4.88. The summed E-state index contributed by atoms with van der Waals surface area (Å²) < 4.78 is 0. The van der Waals surface area contributed by atoms with E-state index >= 15 is 0 Å². The maximum atomic E-state index is 10.6. The number of aromatic hydroxyl groups is 2. The Hall–Kier alpha value is -1.97. The van der Waals surface area contributed by atoms with Crippen LogP contribution in [0.2, 0.25) is 0 Å². The van der Waals surface area contributed by atoms with E-state index in [1.807, 2.05) is 0 Å². The van der Waals surface area contributed by atoms with Crippen LogP contribution in [0, 0.1) is 6.92 Å². The summed E-state index contributed by atoms with van der Waals surface area (Å²) in [5.74, 6) is -1.74. The third-order valence-electron chi connectivity index (χ3n) is 1.99. The van der Waals surface area contributed by atoms with Gasteiger partial charge < -0.3 is 15.3 Å². The maximum Gasteiger partial charge on any atom is 0.335 e. The molecule has 0 bridgehead atoms. The monoisotopic (exact) mass is 194 g/mol. The molecule has 0 aliphatic heterocycles. The Morgan fingerprint density at radius 3 is 2.43 bits per heavy atom. The number of rotatable bonds is 2. The lowest BCUT2D eigenvalue weighted by Crippen LogP contribution is -1.99. The van der Waals surface area contributed by atoms with Gasteiger partial charge in [0.05, 0.1) is 5.57 Å². The highest BCUT2D eigenvalue weighted by atomic mass is 16.4. The number of hydrogen-bond donors (Lipinski definition) is 3. The second-order valence-corrected chi connectivity index (χ2v) is 2.89. The molecule has 74 valence electrons. The summed E-state index contributed by atoms with van der Waals surface area (Å²) in [6, 6.07) is 2.63. The van der Waals surface area contributed by atoms with Gasteiger partial charge in [0.15, 0.2) is 11.5 Å². The van der Waals surface area contributed by atoms with E-state index in [1.165, 1.54) is 19.1 Å². The van der Waals surface area contributed by atoms with Crippen LogP contribution in [0.4, 0.5) is 0 Å². The van der Waals surface area contributed by atoms with E-state index in [-0.39, 0.29) is 17.1 Å². The van der Waals surface area contributed by atoms with Crippen LogP contribution in [0.15, 0.2) is 18.7 Å². The van der Waals surface area contributed by atoms with Crippen molar-refractivity contribution >= 4 is 11.5 Å². The number of carboxylic acid groups (broad SMARTS) is 1. The minimum atomic E-state index is -1.15. The zero-order chi connectivity index (χ0) is 10.9. The molecule has 0 heterocycles. The predicted molar refractivity (Wildman–Crippen MR) is 51.2 cm³/mol. The SMILES string of the molecule is C=C(C(=O)O)c1ccc(O)c(O)c1C. The Bertz CT molecular complexity index is 407. The van der Waals surface area contributed by atoms with Crippen molar-refractivity contribution in [1.29, 1.82) is 0 Å². The van der Waals surface area contributed by atoms with Crippen molar-refractivity contribution in [2.75, 3.05) is 0 Å². The third-order valence-corrected chi connectivity index (χ3v) is 1.99. The van der Waals surface area contributed by atoms with Crippen molar-refractivity contribution in [3.8, 4) is 11.5 Å². The summed E-state index contributed by atoms with van der Waals surface area (Å²) in [6.07, 6.45) is 0. The van der Waals surface area contributed by atoms with Gasteiger partial charge in [0, 0.05) is 5.56 Å². The topological polar surface area (TPSA) is 77.8 Å². The number of phenols is 2. The van der Waals surface area contributed by atoms with Crippen LogP contribution in [0.1, 0.15) is 11.1 Å². The molecule has 0 amide bonds. The van der Waals surface area contributed by atoms with Gasteiger partial charge >= 0.3 is 5.97 Å². The van der Waals surface area contributed by atoms with Crippen molar-refractivity contribution < 1.29 is 20.1 Å². The first-order valence-electron chi connectivity index (χ1n) is 3.89. The summed E-state index contributed by atoms with van der Waals surface area (Å²) in [4.78, 5) is 10.6. The number of aliphatic carboxylic acids is 1. The van der Waals surface area contributed by atoms with Crippen molar-refractivity contribution in [1.82, 2.24) is 0 Å². The minimum Gasteiger partial charge on any atom is -0.504 e. The average molecular weight is 194 g/mol. The van der Waals surface area contributed by atoms with E-state index in [9.17, 15) is 9.90 Å². The van der Waals surface area contributed by atoms with Crippen molar-refractivity contribution in [3.05, 3.63) is 29.8 Å². The van der Waals surface area contributed by atoms with Crippen LogP contribution >= 0.6 is 0 Å². The van der Waals surface area contributed by atoms with Gasteiger partial charge in [-0.1, -0.05) is 6.58 Å². The molecule has 4 heteroatoms. The maximum absolute atomic E-state index is 10.6. The fraction of sp³-hybridized carbons (Fsp3) is 0.100. The Balaban J connectivity index is 3.31. The van der Waals surface area contributed by atoms with Crippen LogP contribution < -0.4 is 0 Å². The second-order valence-electron chi connectivity index (χ2n) is 2.89. The zero-order valence-corrected chi connectivity index (χ0v) is 7.61. The van der Waals surface area contributed by atoms with Gasteiger partial charge in [-0.25, -0.2) is 4.79 Å². The van der Waals surface area contributed by atoms with Crippen molar-refractivity contribution in [3.63, 3.8) is 0 Å². The number of carbonyl (C=O) groups is 1. The lowest BCUT2D eigenvalue weighted by molar-refractivity contribution is -0.130. The van der Waals surface area contributed by atoms with Crippen molar-refractivity contribution in [2.24, 2.45) is 0 Å². The fourth-order valence-corrected chi connectivity index (χ4v) is 1.13. The van der Waals surface area contributed by atoms with Gasteiger partial charge in [-0.3, -0.25) is 0 Å². The molecule has 0 atom stereocenters. The zero-order valence-electron chi connectivity index (χ0n) is 7.61. The van der Waals surface area contributed by atoms with Crippen LogP contribution in [0.25, 0.3) is 5.57 Å². The number of phenolic OH excluding ortho intramolecular Hbond substituents is 2. The summed E-state index contributed by atoms with van der Waals surface area (Å²) in [7, 11) is 0. The minimum absolute atomic E-state index is 0.113. The number of hydrogen-bond acceptors (Lipinski definition) is 3. The first kappa shape index (κ1) is 10.1. The summed E-state index contributed by atoms with van der Waals surface area (Å²) in [5.41, 5.74) is 0.503. The Morgan fingerprint density at radius 1 is 1.36 bits per heavy atom. The van der Waals surface area contributed by atoms with E-state index in [0.29, 0.717) is 11.1 Å². The first-order chi connectivity index (χ1) is 6.45. The molecule has 0 aromatic heterocycles. The Kier molecular flexibility index (Phi) is 2.47. The van der Waals surface area contributed by atoms with Gasteiger partial charge in [-0.15, -0.1) is 0 Å². The molecule has 0 spiro atoms. The van der Waals surface area contributed by atoms with Gasteiger partial charge in [-0.05, 0) is 24.6 Å². The predicted octanol–water partition coefficient (Wildman–Crippen LogP) is 1.50. The van der Waals surface area contributed by atoms with Crippen LogP contribution in [-0.4, -0.2) is 21.3 Å². The lowest BCUT2D eigenvalue weighted by atomic mass is 10.0. The largest absolute Gasteiger partial charge is 0.504 e. The molecule has 0 saturated carbocycles. The summed E-state index contributed by atoms with van der Waals surface area (Å²) in [5, 5.41) is 27.1. The quantitative estimate of drug-likeness (QED) is 0.492. The standard InChI is InChI=1S/C10H10O4/c1-5-7(6(2)10(13)14)3-4-8(11)9(5)12/h3-4,11-12H,2H2,1H3,(H,13,14). The first-order valence-corrected chi connectivity index (χ1v) is 3.89. The normalized spacial score (nSPS) is 9.79. The molecular formula is C10H10O4. The highest BCUT2D eigenvalue weighted by Gasteiger charge is 2.14. The van der Waals surface area contributed by atoms with Crippen molar-refractivity contribution in [2.45, 2.75) is 6.92 Å². The highest BCUT2D eigenvalue weighted by Crippen LogP contribution is 2.33. The van der Waals surface area contributed by atoms with Crippen LogP contribution in [-0.2, 0) is 4.79 Å². The molecule has 1 aromatic carbocycles. The van der Waals surface area contributed by atoms with E-state index in [1.54, 1.807) is 0 Å². The van der Waals surface area contributed by atoms with E-state index in [4.69, 9.17) is 10.2 Å².